The van der Waals surface area contributed by atoms with E-state index in [4.69, 9.17) is 0 Å². The summed E-state index contributed by atoms with van der Waals surface area (Å²) in [6.07, 6.45) is 1.73. The van der Waals surface area contributed by atoms with Crippen molar-refractivity contribution in [3.8, 4) is 11.5 Å². The van der Waals surface area contributed by atoms with E-state index in [9.17, 15) is 9.59 Å². The molecule has 4 rings (SSSR count). The van der Waals surface area contributed by atoms with E-state index in [-0.39, 0.29) is 24.3 Å². The van der Waals surface area contributed by atoms with Crippen molar-refractivity contribution in [2.45, 2.75) is 46.8 Å². The van der Waals surface area contributed by atoms with Crippen LogP contribution in [0.5, 0.6) is 0 Å². The van der Waals surface area contributed by atoms with Crippen molar-refractivity contribution < 1.29 is 9.59 Å². The zero-order valence-electron chi connectivity index (χ0n) is 17.0. The molecule has 0 aromatic carbocycles. The fourth-order valence-corrected chi connectivity index (χ4v) is 3.98. The lowest BCUT2D eigenvalue weighted by Crippen LogP contribution is -2.42. The van der Waals surface area contributed by atoms with Gasteiger partial charge in [-0.2, -0.15) is 5.10 Å². The molecule has 0 fully saturated rings. The molecule has 0 aliphatic carbocycles. The molecular formula is C20H23N7O2. The lowest BCUT2D eigenvalue weighted by atomic mass is 10.1. The van der Waals surface area contributed by atoms with Crippen molar-refractivity contribution in [3.05, 3.63) is 47.2 Å². The van der Waals surface area contributed by atoms with Crippen molar-refractivity contribution in [3.63, 3.8) is 0 Å². The molecule has 0 saturated heterocycles. The lowest BCUT2D eigenvalue weighted by Gasteiger charge is -2.32. The number of nitrogens with zero attached hydrogens (tertiary/aromatic N) is 7. The summed E-state index contributed by atoms with van der Waals surface area (Å²) >= 11 is 0. The zero-order valence-corrected chi connectivity index (χ0v) is 17.0. The molecule has 0 unspecified atom stereocenters. The summed E-state index contributed by atoms with van der Waals surface area (Å²) in [6, 6.07) is 5.69. The Morgan fingerprint density at radius 1 is 1.21 bits per heavy atom. The highest BCUT2D eigenvalue weighted by Gasteiger charge is 2.30. The maximum atomic E-state index is 13.0. The second-order valence-electron chi connectivity index (χ2n) is 7.41. The molecule has 9 heteroatoms. The van der Waals surface area contributed by atoms with Crippen molar-refractivity contribution in [2.24, 2.45) is 0 Å². The maximum absolute atomic E-state index is 13.0. The molecule has 1 aliphatic heterocycles. The molecule has 1 aliphatic rings. The molecule has 1 atom stereocenters. The highest BCUT2D eigenvalue weighted by atomic mass is 16.2. The van der Waals surface area contributed by atoms with Gasteiger partial charge in [0.05, 0.1) is 23.8 Å². The van der Waals surface area contributed by atoms with Gasteiger partial charge in [-0.3, -0.25) is 19.3 Å². The van der Waals surface area contributed by atoms with Crippen LogP contribution in [0.2, 0.25) is 0 Å². The Labute approximate surface area is 168 Å². The Morgan fingerprint density at radius 2 is 2.00 bits per heavy atom. The molecule has 29 heavy (non-hydrogen) atoms. The van der Waals surface area contributed by atoms with E-state index in [2.05, 4.69) is 20.3 Å². The molecular weight excluding hydrogens is 370 g/mol. The molecule has 0 radical (unpaired) electrons. The maximum Gasteiger partial charge on any atom is 0.244 e. The Hall–Kier alpha value is -3.36. The van der Waals surface area contributed by atoms with Gasteiger partial charge in [-0.05, 0) is 39.8 Å². The van der Waals surface area contributed by atoms with Gasteiger partial charge in [0.25, 0.3) is 0 Å². The van der Waals surface area contributed by atoms with Gasteiger partial charge in [0.15, 0.2) is 17.4 Å². The van der Waals surface area contributed by atoms with Crippen molar-refractivity contribution in [1.29, 1.82) is 0 Å². The molecule has 1 amide bonds. The molecule has 0 bridgehead atoms. The van der Waals surface area contributed by atoms with Crippen LogP contribution in [0.1, 0.15) is 47.5 Å². The Kier molecular flexibility index (Phi) is 4.73. The first-order valence-corrected chi connectivity index (χ1v) is 9.54. The normalized spacial score (nSPS) is 16.0. The quantitative estimate of drug-likeness (QED) is 0.629. The number of Topliss-reactive ketones (excluding diaryl/α,β-unsaturated/α-hetero) is 1. The number of hydrogen-bond acceptors (Lipinski definition) is 6. The number of carbonyl (C=O) groups is 2. The minimum atomic E-state index is -0.0637. The summed E-state index contributed by atoms with van der Waals surface area (Å²) < 4.78 is 3.65. The average Bonchev–Trinajstić information content (AvgIpc) is 3.23. The van der Waals surface area contributed by atoms with E-state index in [0.29, 0.717) is 35.9 Å². The molecule has 0 N–H and O–H groups in total. The first-order chi connectivity index (χ1) is 13.9. The van der Waals surface area contributed by atoms with Crippen LogP contribution < -0.4 is 0 Å². The van der Waals surface area contributed by atoms with Gasteiger partial charge in [0.1, 0.15) is 12.2 Å². The largest absolute Gasteiger partial charge is 0.331 e. The third-order valence-corrected chi connectivity index (χ3v) is 5.29. The number of rotatable bonds is 4. The van der Waals surface area contributed by atoms with Crippen molar-refractivity contribution in [1.82, 2.24) is 34.4 Å². The number of amides is 1. The predicted octanol–water partition coefficient (Wildman–Crippen LogP) is 1.96. The summed E-state index contributed by atoms with van der Waals surface area (Å²) in [5, 5.41) is 13.0. The monoisotopic (exact) mass is 393 g/mol. The van der Waals surface area contributed by atoms with E-state index >= 15 is 0 Å². The first-order valence-electron chi connectivity index (χ1n) is 9.54. The Morgan fingerprint density at radius 3 is 2.66 bits per heavy atom. The molecule has 0 saturated carbocycles. The van der Waals surface area contributed by atoms with Gasteiger partial charge in [0.2, 0.25) is 5.91 Å². The fraction of sp³-hybridized carbons (Fsp3) is 0.400. The van der Waals surface area contributed by atoms with Crippen molar-refractivity contribution in [2.75, 3.05) is 6.54 Å². The summed E-state index contributed by atoms with van der Waals surface area (Å²) in [5.74, 6) is 1.34. The second kappa shape index (κ2) is 7.23. The highest BCUT2D eigenvalue weighted by Crippen LogP contribution is 2.26. The van der Waals surface area contributed by atoms with Gasteiger partial charge >= 0.3 is 0 Å². The summed E-state index contributed by atoms with van der Waals surface area (Å²) in [7, 11) is 0. The van der Waals surface area contributed by atoms with Crippen LogP contribution in [0.4, 0.5) is 0 Å². The number of fused-ring (bicyclic) bond motifs is 1. The number of ketones is 1. The number of hydrogen-bond donors (Lipinski definition) is 0. The van der Waals surface area contributed by atoms with Gasteiger partial charge in [-0.1, -0.05) is 6.07 Å². The van der Waals surface area contributed by atoms with Gasteiger partial charge in [-0.15, -0.1) is 10.2 Å². The lowest BCUT2D eigenvalue weighted by molar-refractivity contribution is -0.134. The summed E-state index contributed by atoms with van der Waals surface area (Å²) in [4.78, 5) is 30.9. The Bertz CT molecular complexity index is 1080. The van der Waals surface area contributed by atoms with Crippen LogP contribution in [0.15, 0.2) is 24.4 Å². The van der Waals surface area contributed by atoms with Crippen LogP contribution >= 0.6 is 0 Å². The minimum Gasteiger partial charge on any atom is -0.331 e. The minimum absolute atomic E-state index is 0.0166. The third-order valence-electron chi connectivity index (χ3n) is 5.29. The van der Waals surface area contributed by atoms with E-state index in [1.165, 1.54) is 6.92 Å². The van der Waals surface area contributed by atoms with E-state index in [1.807, 2.05) is 36.6 Å². The first kappa shape index (κ1) is 19.0. The fourth-order valence-electron chi connectivity index (χ4n) is 3.98. The number of pyridine rings is 1. The second-order valence-corrected chi connectivity index (χ2v) is 7.41. The van der Waals surface area contributed by atoms with Gasteiger partial charge in [0, 0.05) is 18.4 Å². The van der Waals surface area contributed by atoms with E-state index < -0.39 is 0 Å². The molecule has 4 heterocycles. The van der Waals surface area contributed by atoms with Crippen LogP contribution in [0, 0.1) is 13.8 Å². The number of aryl methyl sites for hydroxylation is 1. The Balaban J connectivity index is 1.56. The predicted molar refractivity (Wildman–Crippen MR) is 105 cm³/mol. The van der Waals surface area contributed by atoms with Gasteiger partial charge in [-0.25, -0.2) is 0 Å². The molecule has 9 nitrogen and oxygen atoms in total. The number of aromatic nitrogens is 6. The smallest absolute Gasteiger partial charge is 0.244 e. The third kappa shape index (κ3) is 3.32. The molecule has 0 spiro atoms. The van der Waals surface area contributed by atoms with Crippen LogP contribution in [0.25, 0.3) is 11.5 Å². The SMILES string of the molecule is CC(=O)c1c(C)nn(CC(=O)N2Cc3nnc(-c4ccccn4)n3[C@@H](C)C2)c1C. The highest BCUT2D eigenvalue weighted by molar-refractivity contribution is 5.96. The summed E-state index contributed by atoms with van der Waals surface area (Å²) in [6.45, 7) is 8.17. The summed E-state index contributed by atoms with van der Waals surface area (Å²) in [5.41, 5.74) is 2.71. The van der Waals surface area contributed by atoms with Crippen LogP contribution in [0.3, 0.4) is 0 Å². The molecule has 3 aromatic rings. The van der Waals surface area contributed by atoms with Crippen molar-refractivity contribution >= 4 is 11.7 Å². The van der Waals surface area contributed by atoms with E-state index in [0.717, 1.165) is 11.5 Å². The van der Waals surface area contributed by atoms with Crippen LogP contribution in [-0.2, 0) is 17.9 Å². The average molecular weight is 393 g/mol. The van der Waals surface area contributed by atoms with E-state index in [1.54, 1.807) is 22.7 Å². The molecule has 3 aromatic heterocycles. The standard InChI is InChI=1S/C20H23N7O2/c1-12-9-25(18(29)11-26-14(3)19(15(4)28)13(2)24-26)10-17-22-23-20(27(12)17)16-7-5-6-8-21-16/h5-8,12H,9-11H2,1-4H3/t12-/m0/s1. The zero-order chi connectivity index (χ0) is 20.7. The molecule has 150 valence electrons. The number of carbonyl (C=O) groups excluding carboxylic acids is 2. The topological polar surface area (TPSA) is 98.8 Å². The van der Waals surface area contributed by atoms with Gasteiger partial charge < -0.3 is 9.47 Å². The van der Waals surface area contributed by atoms with Crippen LogP contribution in [-0.4, -0.2) is 52.7 Å².